The molecule has 0 spiro atoms. The number of hydrogen-bond donors (Lipinski definition) is 2. The zero-order valence-electron chi connectivity index (χ0n) is 20.2. The smallest absolute Gasteiger partial charge is 0.264 e. The van der Waals surface area contributed by atoms with Gasteiger partial charge in [-0.1, -0.05) is 5.16 Å². The molecular formula is C23H25N9O4S. The number of hydrogen-bond acceptors (Lipinski definition) is 10. The predicted molar refractivity (Wildman–Crippen MR) is 134 cm³/mol. The third-order valence-corrected chi connectivity index (χ3v) is 7.57. The number of piperidine rings is 1. The molecule has 1 aliphatic heterocycles. The lowest BCUT2D eigenvalue weighted by Gasteiger charge is -2.32. The van der Waals surface area contributed by atoms with Crippen LogP contribution < -0.4 is 14.9 Å². The van der Waals surface area contributed by atoms with E-state index >= 15 is 0 Å². The molecule has 1 amide bonds. The molecule has 1 unspecified atom stereocenters. The summed E-state index contributed by atoms with van der Waals surface area (Å²) in [5.41, 5.74) is 1.72. The zero-order valence-corrected chi connectivity index (χ0v) is 21.0. The van der Waals surface area contributed by atoms with Crippen LogP contribution in [0.2, 0.25) is 0 Å². The Morgan fingerprint density at radius 1 is 1.11 bits per heavy atom. The van der Waals surface area contributed by atoms with Crippen LogP contribution in [0, 0.1) is 19.8 Å². The van der Waals surface area contributed by atoms with Crippen molar-refractivity contribution in [2.24, 2.45) is 5.92 Å². The van der Waals surface area contributed by atoms with Crippen LogP contribution in [0.4, 0.5) is 17.4 Å². The summed E-state index contributed by atoms with van der Waals surface area (Å²) >= 11 is 0. The molecule has 192 valence electrons. The van der Waals surface area contributed by atoms with Crippen LogP contribution in [0.1, 0.15) is 24.1 Å². The van der Waals surface area contributed by atoms with Gasteiger partial charge in [0.05, 0.1) is 16.5 Å². The summed E-state index contributed by atoms with van der Waals surface area (Å²) in [5.74, 6) is 0.969. The maximum Gasteiger partial charge on any atom is 0.264 e. The molecule has 14 heteroatoms. The zero-order chi connectivity index (χ0) is 26.0. The highest BCUT2D eigenvalue weighted by atomic mass is 32.2. The van der Waals surface area contributed by atoms with Gasteiger partial charge in [0.15, 0.2) is 5.82 Å². The van der Waals surface area contributed by atoms with E-state index in [-0.39, 0.29) is 22.6 Å². The lowest BCUT2D eigenvalue weighted by molar-refractivity contribution is -0.120. The van der Waals surface area contributed by atoms with Crippen LogP contribution in [0.25, 0.3) is 5.82 Å². The molecule has 5 rings (SSSR count). The van der Waals surface area contributed by atoms with Gasteiger partial charge in [0.1, 0.15) is 24.8 Å². The van der Waals surface area contributed by atoms with Gasteiger partial charge in [-0.05, 0) is 51.0 Å². The number of aryl methyl sites for hydroxylation is 1. The Labute approximate surface area is 213 Å². The highest BCUT2D eigenvalue weighted by Crippen LogP contribution is 2.25. The van der Waals surface area contributed by atoms with Gasteiger partial charge in [-0.25, -0.2) is 32.8 Å². The van der Waals surface area contributed by atoms with Crippen molar-refractivity contribution in [2.45, 2.75) is 31.6 Å². The van der Waals surface area contributed by atoms with Gasteiger partial charge in [0.25, 0.3) is 10.0 Å². The Bertz CT molecular complexity index is 1500. The molecule has 3 aromatic heterocycles. The second-order valence-electron chi connectivity index (χ2n) is 8.70. The molecule has 37 heavy (non-hydrogen) atoms. The second-order valence-corrected chi connectivity index (χ2v) is 10.4. The molecule has 0 radical (unpaired) electrons. The number of carbonyl (C=O) groups is 1. The number of carbonyl (C=O) groups excluding carboxylic acids is 1. The number of rotatable bonds is 7. The van der Waals surface area contributed by atoms with Crippen LogP contribution in [-0.4, -0.2) is 57.3 Å². The molecule has 1 aromatic carbocycles. The predicted octanol–water partition coefficient (Wildman–Crippen LogP) is 2.32. The van der Waals surface area contributed by atoms with Gasteiger partial charge in [-0.15, -0.1) is 0 Å². The number of aromatic nitrogens is 6. The van der Waals surface area contributed by atoms with Crippen LogP contribution in [0.5, 0.6) is 0 Å². The van der Waals surface area contributed by atoms with Crippen molar-refractivity contribution in [3.63, 3.8) is 0 Å². The van der Waals surface area contributed by atoms with Crippen LogP contribution in [0.3, 0.4) is 0 Å². The summed E-state index contributed by atoms with van der Waals surface area (Å²) in [6, 6.07) is 7.77. The van der Waals surface area contributed by atoms with E-state index in [9.17, 15) is 13.2 Å². The Kier molecular flexibility index (Phi) is 6.56. The molecule has 4 heterocycles. The standard InChI is InChI=1S/C23H25N9O4S/c1-15-16(2)29-36-23(15)30-37(34,35)19-7-5-18(6-8-19)28-22(33)17-4-3-9-31(11-17)20-10-21(26-13-25-20)32-14-24-12-27-32/h5-8,10,12-14,17,30H,3-4,9,11H2,1-2H3,(H,28,33). The van der Waals surface area contributed by atoms with E-state index in [1.165, 1.54) is 24.8 Å². The minimum atomic E-state index is -3.87. The fourth-order valence-electron chi connectivity index (χ4n) is 4.01. The first-order valence-electron chi connectivity index (χ1n) is 11.6. The Hall–Kier alpha value is -4.33. The molecule has 1 aliphatic rings. The molecular weight excluding hydrogens is 498 g/mol. The van der Waals surface area contributed by atoms with E-state index in [1.807, 2.05) is 11.0 Å². The minimum Gasteiger partial charge on any atom is -0.356 e. The average molecular weight is 524 g/mol. The monoisotopic (exact) mass is 523 g/mol. The van der Waals surface area contributed by atoms with E-state index in [4.69, 9.17) is 4.52 Å². The molecule has 0 aliphatic carbocycles. The molecule has 0 saturated carbocycles. The SMILES string of the molecule is Cc1noc(NS(=O)(=O)c2ccc(NC(=O)C3CCCN(c4cc(-n5cncn5)ncn4)C3)cc2)c1C. The van der Waals surface area contributed by atoms with Gasteiger partial charge < -0.3 is 14.7 Å². The third-order valence-electron chi connectivity index (χ3n) is 6.22. The summed E-state index contributed by atoms with van der Waals surface area (Å²) < 4.78 is 34.4. The summed E-state index contributed by atoms with van der Waals surface area (Å²) in [7, 11) is -3.87. The first kappa shape index (κ1) is 24.4. The highest BCUT2D eigenvalue weighted by molar-refractivity contribution is 7.92. The van der Waals surface area contributed by atoms with Crippen molar-refractivity contribution < 1.29 is 17.7 Å². The lowest BCUT2D eigenvalue weighted by Crippen LogP contribution is -2.41. The normalized spacial score (nSPS) is 15.9. The van der Waals surface area contributed by atoms with Crippen molar-refractivity contribution in [1.29, 1.82) is 0 Å². The maximum atomic E-state index is 13.0. The summed E-state index contributed by atoms with van der Waals surface area (Å²) in [5, 5.41) is 10.7. The van der Waals surface area contributed by atoms with Gasteiger partial charge in [-0.3, -0.25) is 4.79 Å². The second kappa shape index (κ2) is 9.97. The summed E-state index contributed by atoms with van der Waals surface area (Å²) in [4.78, 5) is 27.6. The Balaban J connectivity index is 1.23. The lowest BCUT2D eigenvalue weighted by atomic mass is 9.97. The largest absolute Gasteiger partial charge is 0.356 e. The van der Waals surface area contributed by atoms with E-state index in [1.54, 1.807) is 37.0 Å². The van der Waals surface area contributed by atoms with E-state index in [0.29, 0.717) is 35.1 Å². The van der Waals surface area contributed by atoms with Gasteiger partial charge in [-0.2, -0.15) is 5.10 Å². The maximum absolute atomic E-state index is 13.0. The Morgan fingerprint density at radius 3 is 2.59 bits per heavy atom. The molecule has 1 fully saturated rings. The molecule has 2 N–H and O–H groups in total. The van der Waals surface area contributed by atoms with Gasteiger partial charge in [0.2, 0.25) is 11.8 Å². The van der Waals surface area contributed by atoms with Crippen molar-refractivity contribution in [2.75, 3.05) is 28.0 Å². The Morgan fingerprint density at radius 2 is 1.89 bits per heavy atom. The molecule has 1 atom stereocenters. The first-order chi connectivity index (χ1) is 17.8. The van der Waals surface area contributed by atoms with Crippen LogP contribution in [0.15, 0.2) is 58.7 Å². The molecule has 4 aromatic rings. The topological polar surface area (TPSA) is 161 Å². The van der Waals surface area contributed by atoms with Gasteiger partial charge >= 0.3 is 0 Å². The highest BCUT2D eigenvalue weighted by Gasteiger charge is 2.27. The number of nitrogens with zero attached hydrogens (tertiary/aromatic N) is 7. The van der Waals surface area contributed by atoms with Crippen molar-refractivity contribution in [3.8, 4) is 5.82 Å². The fourth-order valence-corrected chi connectivity index (χ4v) is 5.06. The van der Waals surface area contributed by atoms with Crippen molar-refractivity contribution >= 4 is 33.3 Å². The average Bonchev–Trinajstić information content (AvgIpc) is 3.56. The van der Waals surface area contributed by atoms with Crippen molar-refractivity contribution in [1.82, 2.24) is 29.9 Å². The summed E-state index contributed by atoms with van der Waals surface area (Å²) in [6.07, 6.45) is 6.01. The van der Waals surface area contributed by atoms with E-state index in [0.717, 1.165) is 19.4 Å². The number of amides is 1. The fraction of sp³-hybridized carbons (Fsp3) is 0.304. The quantitative estimate of drug-likeness (QED) is 0.368. The number of anilines is 3. The molecule has 0 bridgehead atoms. The third kappa shape index (κ3) is 5.28. The van der Waals surface area contributed by atoms with Crippen LogP contribution >= 0.6 is 0 Å². The molecule has 13 nitrogen and oxygen atoms in total. The first-order valence-corrected chi connectivity index (χ1v) is 13.1. The van der Waals surface area contributed by atoms with Gasteiger partial charge in [0, 0.05) is 30.4 Å². The molecule has 1 saturated heterocycles. The van der Waals surface area contributed by atoms with Crippen molar-refractivity contribution in [3.05, 3.63) is 60.6 Å². The number of benzene rings is 1. The van der Waals surface area contributed by atoms with Crippen LogP contribution in [-0.2, 0) is 14.8 Å². The minimum absolute atomic E-state index is 0.0368. The van der Waals surface area contributed by atoms with E-state index < -0.39 is 10.0 Å². The van der Waals surface area contributed by atoms with E-state index in [2.05, 4.69) is 35.2 Å². The number of nitrogens with one attached hydrogen (secondary N) is 2. The number of sulfonamides is 1. The summed E-state index contributed by atoms with van der Waals surface area (Å²) in [6.45, 7) is 4.70.